The number of hydroxylamine groups is 1. The minimum atomic E-state index is -0.406. The number of anilines is 1. The Hall–Kier alpha value is -2.34. The van der Waals surface area contributed by atoms with Gasteiger partial charge in [0.15, 0.2) is 0 Å². The summed E-state index contributed by atoms with van der Waals surface area (Å²) >= 11 is 0. The Morgan fingerprint density at radius 1 is 1.36 bits per heavy atom. The molecule has 0 spiro atoms. The van der Waals surface area contributed by atoms with E-state index in [1.54, 1.807) is 4.68 Å². The third-order valence-corrected chi connectivity index (χ3v) is 3.51. The van der Waals surface area contributed by atoms with E-state index < -0.39 is 6.03 Å². The zero-order chi connectivity index (χ0) is 15.4. The summed E-state index contributed by atoms with van der Waals surface area (Å²) in [4.78, 5) is 16.7. The number of hydrogen-bond acceptors (Lipinski definition) is 3. The predicted molar refractivity (Wildman–Crippen MR) is 83.8 cm³/mol. The minimum absolute atomic E-state index is 0.406. The summed E-state index contributed by atoms with van der Waals surface area (Å²) in [6.45, 7) is 2.22. The number of rotatable bonds is 6. The molecule has 2 amide bonds. The summed E-state index contributed by atoms with van der Waals surface area (Å²) in [5.41, 5.74) is 4.24. The van der Waals surface area contributed by atoms with E-state index >= 15 is 0 Å². The number of carbonyl (C=O) groups is 1. The third kappa shape index (κ3) is 3.65. The van der Waals surface area contributed by atoms with Crippen molar-refractivity contribution in [3.63, 3.8) is 0 Å². The maximum absolute atomic E-state index is 11.8. The SMILES string of the molecule is CCONC(=O)Nc1cc(CC2CC2)nn1-c1ccccc1. The second-order valence-corrected chi connectivity index (χ2v) is 5.40. The first-order valence-corrected chi connectivity index (χ1v) is 7.59. The molecule has 2 N–H and O–H groups in total. The predicted octanol–water partition coefficient (Wildman–Crippen LogP) is 2.90. The topological polar surface area (TPSA) is 68.2 Å². The number of benzene rings is 1. The van der Waals surface area contributed by atoms with E-state index in [1.807, 2.05) is 43.3 Å². The average molecular weight is 300 g/mol. The Balaban J connectivity index is 1.82. The lowest BCUT2D eigenvalue weighted by Crippen LogP contribution is -2.29. The fourth-order valence-corrected chi connectivity index (χ4v) is 2.28. The van der Waals surface area contributed by atoms with Gasteiger partial charge in [0.25, 0.3) is 0 Å². The van der Waals surface area contributed by atoms with Crippen molar-refractivity contribution >= 4 is 11.8 Å². The van der Waals surface area contributed by atoms with Crippen LogP contribution in [0.15, 0.2) is 36.4 Å². The van der Waals surface area contributed by atoms with Gasteiger partial charge in [0.1, 0.15) is 5.82 Å². The van der Waals surface area contributed by atoms with Crippen LogP contribution in [0.4, 0.5) is 10.6 Å². The van der Waals surface area contributed by atoms with Crippen molar-refractivity contribution in [1.29, 1.82) is 0 Å². The molecule has 0 bridgehead atoms. The van der Waals surface area contributed by atoms with Gasteiger partial charge < -0.3 is 0 Å². The Labute approximate surface area is 129 Å². The van der Waals surface area contributed by atoms with Gasteiger partial charge in [-0.2, -0.15) is 5.10 Å². The molecule has 1 fully saturated rings. The smallest absolute Gasteiger partial charge is 0.290 e. The lowest BCUT2D eigenvalue weighted by Gasteiger charge is -2.09. The Morgan fingerprint density at radius 2 is 2.14 bits per heavy atom. The molecule has 6 heteroatoms. The summed E-state index contributed by atoms with van der Waals surface area (Å²) < 4.78 is 1.75. The van der Waals surface area contributed by atoms with Crippen LogP contribution in [0, 0.1) is 5.92 Å². The number of nitrogens with one attached hydrogen (secondary N) is 2. The number of urea groups is 1. The van der Waals surface area contributed by atoms with Crippen molar-refractivity contribution in [1.82, 2.24) is 15.3 Å². The van der Waals surface area contributed by atoms with Gasteiger partial charge >= 0.3 is 6.03 Å². The first-order valence-electron chi connectivity index (χ1n) is 7.59. The molecule has 0 unspecified atom stereocenters. The summed E-state index contributed by atoms with van der Waals surface area (Å²) in [6.07, 6.45) is 3.50. The van der Waals surface area contributed by atoms with Gasteiger partial charge in [0.2, 0.25) is 0 Å². The molecule has 2 aromatic rings. The van der Waals surface area contributed by atoms with Gasteiger partial charge in [-0.25, -0.2) is 15.0 Å². The maximum atomic E-state index is 11.8. The Bertz CT molecular complexity index is 635. The van der Waals surface area contributed by atoms with Crippen molar-refractivity contribution in [3.05, 3.63) is 42.1 Å². The Morgan fingerprint density at radius 3 is 2.82 bits per heavy atom. The molecule has 22 heavy (non-hydrogen) atoms. The zero-order valence-corrected chi connectivity index (χ0v) is 12.6. The molecule has 116 valence electrons. The van der Waals surface area contributed by atoms with E-state index in [0.29, 0.717) is 12.4 Å². The van der Waals surface area contributed by atoms with E-state index in [4.69, 9.17) is 4.84 Å². The molecule has 1 aromatic carbocycles. The van der Waals surface area contributed by atoms with E-state index in [2.05, 4.69) is 15.9 Å². The highest BCUT2D eigenvalue weighted by Crippen LogP contribution is 2.33. The van der Waals surface area contributed by atoms with Crippen LogP contribution in [0.2, 0.25) is 0 Å². The zero-order valence-electron chi connectivity index (χ0n) is 12.6. The largest absolute Gasteiger partial charge is 0.344 e. The van der Waals surface area contributed by atoms with Gasteiger partial charge in [-0.05, 0) is 44.2 Å². The first-order chi connectivity index (χ1) is 10.8. The normalized spacial score (nSPS) is 13.9. The fourth-order valence-electron chi connectivity index (χ4n) is 2.28. The molecule has 6 nitrogen and oxygen atoms in total. The fraction of sp³-hybridized carbons (Fsp3) is 0.375. The van der Waals surface area contributed by atoms with Crippen LogP contribution in [-0.2, 0) is 11.3 Å². The number of para-hydroxylation sites is 1. The maximum Gasteiger partial charge on any atom is 0.344 e. The number of carbonyl (C=O) groups excluding carboxylic acids is 1. The lowest BCUT2D eigenvalue weighted by atomic mass is 10.2. The van der Waals surface area contributed by atoms with Crippen LogP contribution in [-0.4, -0.2) is 22.4 Å². The molecule has 1 aliphatic carbocycles. The molecule has 1 aliphatic rings. The Kier molecular flexibility index (Phi) is 4.39. The minimum Gasteiger partial charge on any atom is -0.290 e. The van der Waals surface area contributed by atoms with Crippen LogP contribution in [0.3, 0.4) is 0 Å². The standard InChI is InChI=1S/C16H20N4O2/c1-2-22-19-16(21)17-15-11-13(10-12-8-9-12)18-20(15)14-6-4-3-5-7-14/h3-7,11-12H,2,8-10H2,1H3,(H2,17,19,21). The second-order valence-electron chi connectivity index (χ2n) is 5.40. The first kappa shape index (κ1) is 14.6. The van der Waals surface area contributed by atoms with Gasteiger partial charge in [0, 0.05) is 6.07 Å². The van der Waals surface area contributed by atoms with Crippen molar-refractivity contribution in [2.24, 2.45) is 5.92 Å². The number of nitrogens with zero attached hydrogens (tertiary/aromatic N) is 2. The quantitative estimate of drug-likeness (QED) is 0.806. The lowest BCUT2D eigenvalue weighted by molar-refractivity contribution is 0.0758. The summed E-state index contributed by atoms with van der Waals surface area (Å²) in [5.74, 6) is 1.38. The summed E-state index contributed by atoms with van der Waals surface area (Å²) in [5, 5.41) is 7.41. The molecule has 1 aromatic heterocycles. The monoisotopic (exact) mass is 300 g/mol. The molecule has 3 rings (SSSR count). The van der Waals surface area contributed by atoms with Crippen molar-refractivity contribution < 1.29 is 9.63 Å². The number of aromatic nitrogens is 2. The number of hydrogen-bond donors (Lipinski definition) is 2. The molecule has 0 saturated heterocycles. The van der Waals surface area contributed by atoms with Crippen molar-refractivity contribution in [2.75, 3.05) is 11.9 Å². The average Bonchev–Trinajstić information content (AvgIpc) is 3.26. The summed E-state index contributed by atoms with van der Waals surface area (Å²) in [7, 11) is 0. The molecule has 0 radical (unpaired) electrons. The van der Waals surface area contributed by atoms with Crippen LogP contribution < -0.4 is 10.8 Å². The van der Waals surface area contributed by atoms with Crippen molar-refractivity contribution in [2.45, 2.75) is 26.2 Å². The van der Waals surface area contributed by atoms with Gasteiger partial charge in [-0.1, -0.05) is 18.2 Å². The van der Waals surface area contributed by atoms with E-state index in [0.717, 1.165) is 23.7 Å². The second kappa shape index (κ2) is 6.62. The highest BCUT2D eigenvalue weighted by molar-refractivity contribution is 5.87. The van der Waals surface area contributed by atoms with E-state index in [9.17, 15) is 4.79 Å². The van der Waals surface area contributed by atoms with Crippen molar-refractivity contribution in [3.8, 4) is 5.69 Å². The van der Waals surface area contributed by atoms with Gasteiger partial charge in [0.05, 0.1) is 18.0 Å². The van der Waals surface area contributed by atoms with Crippen LogP contribution in [0.25, 0.3) is 5.69 Å². The van der Waals surface area contributed by atoms with Crippen LogP contribution in [0.5, 0.6) is 0 Å². The molecule has 1 heterocycles. The van der Waals surface area contributed by atoms with E-state index in [1.165, 1.54) is 12.8 Å². The van der Waals surface area contributed by atoms with E-state index in [-0.39, 0.29) is 0 Å². The van der Waals surface area contributed by atoms with Gasteiger partial charge in [-0.3, -0.25) is 10.2 Å². The van der Waals surface area contributed by atoms with Crippen LogP contribution >= 0.6 is 0 Å². The summed E-state index contributed by atoms with van der Waals surface area (Å²) in [6, 6.07) is 11.3. The molecule has 0 aliphatic heterocycles. The highest BCUT2D eigenvalue weighted by Gasteiger charge is 2.24. The molecule has 1 saturated carbocycles. The van der Waals surface area contributed by atoms with Crippen LogP contribution in [0.1, 0.15) is 25.5 Å². The molecular formula is C16H20N4O2. The number of amides is 2. The molecular weight excluding hydrogens is 280 g/mol. The van der Waals surface area contributed by atoms with Gasteiger partial charge in [-0.15, -0.1) is 0 Å². The highest BCUT2D eigenvalue weighted by atomic mass is 16.7. The third-order valence-electron chi connectivity index (χ3n) is 3.51. The molecule has 0 atom stereocenters.